The maximum Gasteiger partial charge on any atom is 0.178 e. The Kier molecular flexibility index (Phi) is 2.77. The molecule has 4 nitrogen and oxygen atoms in total. The quantitative estimate of drug-likeness (QED) is 0.833. The minimum atomic E-state index is -3.18. The van der Waals surface area contributed by atoms with Crippen LogP contribution in [0.5, 0.6) is 0 Å². The molecule has 2 aromatic rings. The largest absolute Gasteiger partial charge is 0.346 e. The molecule has 0 unspecified atom stereocenters. The van der Waals surface area contributed by atoms with E-state index in [2.05, 4.69) is 9.97 Å². The maximum absolute atomic E-state index is 11.7. The number of nitrogens with one attached hydrogen (secondary N) is 1. The van der Waals surface area contributed by atoms with Crippen LogP contribution in [0.2, 0.25) is 0 Å². The second kappa shape index (κ2) is 3.95. The second-order valence-electron chi connectivity index (χ2n) is 3.32. The molecule has 84 valence electrons. The monoisotopic (exact) mass is 254 g/mol. The number of sulfone groups is 1. The highest BCUT2D eigenvalue weighted by atomic mass is 32.2. The van der Waals surface area contributed by atoms with Gasteiger partial charge in [-0.1, -0.05) is 19.1 Å². The summed E-state index contributed by atoms with van der Waals surface area (Å²) in [6.07, 6.45) is 1.47. The standard InChI is InChI=1S/C10H10N2O2S2/c1-2-16(13,14)7-3-4-8-9(5-7)11-6-12-10(8)15/h3-6H,2H2,1H3,(H,11,12,15). The van der Waals surface area contributed by atoms with Gasteiger partial charge < -0.3 is 4.98 Å². The molecule has 1 aromatic heterocycles. The Bertz CT molecular complexity index is 689. The minimum absolute atomic E-state index is 0.0876. The number of aromatic amines is 1. The zero-order chi connectivity index (χ0) is 11.8. The number of hydrogen-bond acceptors (Lipinski definition) is 4. The van der Waals surface area contributed by atoms with Gasteiger partial charge in [-0.05, 0) is 18.2 Å². The average molecular weight is 254 g/mol. The van der Waals surface area contributed by atoms with E-state index in [-0.39, 0.29) is 5.75 Å². The van der Waals surface area contributed by atoms with Gasteiger partial charge in [0.05, 0.1) is 22.5 Å². The van der Waals surface area contributed by atoms with Crippen LogP contribution >= 0.6 is 12.2 Å². The van der Waals surface area contributed by atoms with Crippen LogP contribution in [0.1, 0.15) is 6.92 Å². The lowest BCUT2D eigenvalue weighted by molar-refractivity contribution is 0.597. The van der Waals surface area contributed by atoms with Crippen molar-refractivity contribution in [1.29, 1.82) is 0 Å². The number of H-pyrrole nitrogens is 1. The van der Waals surface area contributed by atoms with Gasteiger partial charge in [0.25, 0.3) is 0 Å². The van der Waals surface area contributed by atoms with Crippen LogP contribution in [0.25, 0.3) is 10.9 Å². The fourth-order valence-corrected chi connectivity index (χ4v) is 2.56. The summed E-state index contributed by atoms with van der Waals surface area (Å²) in [5.74, 6) is 0.0876. The summed E-state index contributed by atoms with van der Waals surface area (Å²) in [4.78, 5) is 7.12. The van der Waals surface area contributed by atoms with Crippen LogP contribution < -0.4 is 0 Å². The van der Waals surface area contributed by atoms with E-state index in [0.717, 1.165) is 5.39 Å². The number of aromatic nitrogens is 2. The molecule has 0 saturated heterocycles. The Morgan fingerprint density at radius 2 is 2.19 bits per heavy atom. The molecule has 0 atom stereocenters. The first-order valence-corrected chi connectivity index (χ1v) is 6.81. The topological polar surface area (TPSA) is 62.8 Å². The van der Waals surface area contributed by atoms with Crippen LogP contribution in [0.3, 0.4) is 0 Å². The lowest BCUT2D eigenvalue weighted by Crippen LogP contribution is -2.03. The molecule has 2 rings (SSSR count). The summed E-state index contributed by atoms with van der Waals surface area (Å²) < 4.78 is 23.8. The smallest absolute Gasteiger partial charge is 0.178 e. The normalized spacial score (nSPS) is 11.8. The summed E-state index contributed by atoms with van der Waals surface area (Å²) in [5, 5.41) is 0.757. The van der Waals surface area contributed by atoms with Crippen LogP contribution in [0, 0.1) is 4.64 Å². The summed E-state index contributed by atoms with van der Waals surface area (Å²) in [6, 6.07) is 4.84. The molecule has 0 spiro atoms. The van der Waals surface area contributed by atoms with E-state index in [1.807, 2.05) is 0 Å². The third-order valence-electron chi connectivity index (χ3n) is 2.36. The SMILES string of the molecule is CCS(=O)(=O)c1ccc2c(=S)nc[nH]c2c1. The predicted octanol–water partition coefficient (Wildman–Crippen LogP) is 2.09. The third kappa shape index (κ3) is 1.85. The van der Waals surface area contributed by atoms with Gasteiger partial charge in [-0.25, -0.2) is 13.4 Å². The molecule has 0 amide bonds. The predicted molar refractivity (Wildman–Crippen MR) is 64.7 cm³/mol. The van der Waals surface area contributed by atoms with E-state index in [0.29, 0.717) is 15.1 Å². The number of hydrogen-bond donors (Lipinski definition) is 1. The lowest BCUT2D eigenvalue weighted by atomic mass is 10.2. The molecule has 0 aliphatic rings. The van der Waals surface area contributed by atoms with Crippen LogP contribution in [0.4, 0.5) is 0 Å². The molecular weight excluding hydrogens is 244 g/mol. The maximum atomic E-state index is 11.7. The highest BCUT2D eigenvalue weighted by molar-refractivity contribution is 7.91. The van der Waals surface area contributed by atoms with E-state index in [1.54, 1.807) is 25.1 Å². The zero-order valence-corrected chi connectivity index (χ0v) is 10.2. The summed E-state index contributed by atoms with van der Waals surface area (Å²) in [7, 11) is -3.18. The van der Waals surface area contributed by atoms with Crippen molar-refractivity contribution in [3.8, 4) is 0 Å². The van der Waals surface area contributed by atoms with Gasteiger partial charge in [-0.3, -0.25) is 0 Å². The molecule has 0 saturated carbocycles. The number of nitrogens with zero attached hydrogens (tertiary/aromatic N) is 1. The molecular formula is C10H10N2O2S2. The van der Waals surface area contributed by atoms with E-state index in [9.17, 15) is 8.42 Å². The number of rotatable bonds is 2. The lowest BCUT2D eigenvalue weighted by Gasteiger charge is -2.03. The molecule has 0 bridgehead atoms. The van der Waals surface area contributed by atoms with Crippen molar-refractivity contribution in [2.75, 3.05) is 5.75 Å². The van der Waals surface area contributed by atoms with Gasteiger partial charge in [0, 0.05) is 5.39 Å². The van der Waals surface area contributed by atoms with Crippen molar-refractivity contribution in [2.24, 2.45) is 0 Å². The van der Waals surface area contributed by atoms with Gasteiger partial charge in [0.2, 0.25) is 0 Å². The van der Waals surface area contributed by atoms with Gasteiger partial charge >= 0.3 is 0 Å². The van der Waals surface area contributed by atoms with Crippen molar-refractivity contribution in [2.45, 2.75) is 11.8 Å². The van der Waals surface area contributed by atoms with E-state index in [1.165, 1.54) is 6.33 Å². The molecule has 0 aliphatic heterocycles. The Hall–Kier alpha value is -1.27. The van der Waals surface area contributed by atoms with E-state index in [4.69, 9.17) is 12.2 Å². The van der Waals surface area contributed by atoms with Gasteiger partial charge in [-0.2, -0.15) is 0 Å². The number of fused-ring (bicyclic) bond motifs is 1. The highest BCUT2D eigenvalue weighted by Gasteiger charge is 2.11. The summed E-state index contributed by atoms with van der Waals surface area (Å²) in [6.45, 7) is 1.62. The van der Waals surface area contributed by atoms with Crippen LogP contribution in [-0.2, 0) is 9.84 Å². The van der Waals surface area contributed by atoms with Crippen molar-refractivity contribution in [3.63, 3.8) is 0 Å². The minimum Gasteiger partial charge on any atom is -0.346 e. The molecule has 0 radical (unpaired) electrons. The molecule has 1 heterocycles. The van der Waals surface area contributed by atoms with Gasteiger partial charge in [0.1, 0.15) is 4.64 Å². The van der Waals surface area contributed by atoms with Crippen molar-refractivity contribution >= 4 is 33.0 Å². The molecule has 0 fully saturated rings. The summed E-state index contributed by atoms with van der Waals surface area (Å²) >= 11 is 5.04. The van der Waals surface area contributed by atoms with Crippen LogP contribution in [-0.4, -0.2) is 24.1 Å². The summed E-state index contributed by atoms with van der Waals surface area (Å²) in [5.41, 5.74) is 0.689. The fourth-order valence-electron chi connectivity index (χ4n) is 1.42. The Labute approximate surface area is 98.3 Å². The Morgan fingerprint density at radius 3 is 2.88 bits per heavy atom. The first kappa shape index (κ1) is 11.2. The number of benzene rings is 1. The van der Waals surface area contributed by atoms with E-state index < -0.39 is 9.84 Å². The Morgan fingerprint density at radius 1 is 1.44 bits per heavy atom. The second-order valence-corrected chi connectivity index (χ2v) is 5.98. The van der Waals surface area contributed by atoms with Crippen LogP contribution in [0.15, 0.2) is 29.4 Å². The van der Waals surface area contributed by atoms with Gasteiger partial charge in [0.15, 0.2) is 9.84 Å². The average Bonchev–Trinajstić information content (AvgIpc) is 2.29. The third-order valence-corrected chi connectivity index (χ3v) is 4.42. The highest BCUT2D eigenvalue weighted by Crippen LogP contribution is 2.18. The molecule has 1 aromatic carbocycles. The van der Waals surface area contributed by atoms with Crippen molar-refractivity contribution in [1.82, 2.24) is 9.97 Å². The van der Waals surface area contributed by atoms with E-state index >= 15 is 0 Å². The first-order valence-electron chi connectivity index (χ1n) is 4.75. The molecule has 1 N–H and O–H groups in total. The first-order chi connectivity index (χ1) is 7.54. The molecule has 6 heteroatoms. The fraction of sp³-hybridized carbons (Fsp3) is 0.200. The molecule has 0 aliphatic carbocycles. The van der Waals surface area contributed by atoms with Crippen molar-refractivity contribution < 1.29 is 8.42 Å². The molecule has 16 heavy (non-hydrogen) atoms. The zero-order valence-electron chi connectivity index (χ0n) is 8.60. The van der Waals surface area contributed by atoms with Crippen molar-refractivity contribution in [3.05, 3.63) is 29.2 Å². The Balaban J connectivity index is 2.76. The van der Waals surface area contributed by atoms with Gasteiger partial charge in [-0.15, -0.1) is 0 Å².